The van der Waals surface area contributed by atoms with Gasteiger partial charge in [0.05, 0.1) is 0 Å². The van der Waals surface area contributed by atoms with Gasteiger partial charge in [-0.25, -0.2) is 0 Å². The molecule has 0 unspecified atom stereocenters. The molecule has 0 heterocycles. The van der Waals surface area contributed by atoms with Gasteiger partial charge in [-0.05, 0) is 94.0 Å². The average Bonchev–Trinajstić information content (AvgIpc) is 3.17. The van der Waals surface area contributed by atoms with Gasteiger partial charge in [0, 0.05) is 0 Å². The first-order chi connectivity index (χ1) is 23.8. The van der Waals surface area contributed by atoms with E-state index in [9.17, 15) is 0 Å². The van der Waals surface area contributed by atoms with Gasteiger partial charge in [-0.15, -0.1) is 0 Å². The summed E-state index contributed by atoms with van der Waals surface area (Å²) in [5, 5.41) is 7.57. The molecule has 0 fully saturated rings. The maximum absolute atomic E-state index is 2.42. The molecule has 0 bridgehead atoms. The van der Waals surface area contributed by atoms with Crippen molar-refractivity contribution in [2.45, 2.75) is 0 Å². The molecule has 9 rings (SSSR count). The number of hydrogen-bond acceptors (Lipinski definition) is 0. The van der Waals surface area contributed by atoms with E-state index < -0.39 is 0 Å². The Morgan fingerprint density at radius 1 is 0.208 bits per heavy atom. The fraction of sp³-hybridized carbons (Fsp3) is 0. The molecule has 0 spiro atoms. The molecular weight excluding hydrogens is 577 g/mol. The molecular formula is C48H32. The van der Waals surface area contributed by atoms with Crippen LogP contribution in [0.25, 0.3) is 88.0 Å². The molecule has 9 aromatic rings. The molecule has 0 aromatic heterocycles. The fourth-order valence-electron chi connectivity index (χ4n) is 7.45. The van der Waals surface area contributed by atoms with Crippen LogP contribution in [0.1, 0.15) is 0 Å². The van der Waals surface area contributed by atoms with Crippen molar-refractivity contribution in [3.05, 3.63) is 194 Å². The minimum atomic E-state index is 1.22. The van der Waals surface area contributed by atoms with Crippen LogP contribution in [0, 0.1) is 0 Å². The van der Waals surface area contributed by atoms with E-state index in [0.29, 0.717) is 0 Å². The topological polar surface area (TPSA) is 0 Å². The molecule has 0 radical (unpaired) electrons. The third-order valence-corrected chi connectivity index (χ3v) is 9.70. The molecule has 0 nitrogen and oxygen atoms in total. The zero-order chi connectivity index (χ0) is 31.9. The standard InChI is InChI=1S/C48H32/c1-3-14-34(15-4-1)46-32-47(48(37-17-5-2-6-18-37)45-24-12-11-23-43(45)46)44-31-30-40(41-21-9-10-22-42(41)44)36-28-26-35(27-29-36)39-25-13-19-33-16-7-8-20-38(33)39/h1-32H. The Balaban J connectivity index is 1.25. The third-order valence-electron chi connectivity index (χ3n) is 9.70. The van der Waals surface area contributed by atoms with Crippen molar-refractivity contribution in [3.8, 4) is 55.6 Å². The molecule has 0 saturated heterocycles. The summed E-state index contributed by atoms with van der Waals surface area (Å²) in [6.45, 7) is 0. The van der Waals surface area contributed by atoms with E-state index in [1.165, 1.54) is 88.0 Å². The van der Waals surface area contributed by atoms with E-state index >= 15 is 0 Å². The number of hydrogen-bond donors (Lipinski definition) is 0. The number of rotatable bonds is 5. The number of fused-ring (bicyclic) bond motifs is 3. The number of benzene rings is 9. The van der Waals surface area contributed by atoms with Crippen LogP contribution in [0.3, 0.4) is 0 Å². The second-order valence-electron chi connectivity index (χ2n) is 12.4. The molecule has 0 amide bonds. The van der Waals surface area contributed by atoms with Gasteiger partial charge in [-0.1, -0.05) is 188 Å². The zero-order valence-electron chi connectivity index (χ0n) is 26.5. The molecule has 0 aliphatic carbocycles. The van der Waals surface area contributed by atoms with Gasteiger partial charge >= 0.3 is 0 Å². The van der Waals surface area contributed by atoms with Gasteiger partial charge in [0.15, 0.2) is 0 Å². The minimum Gasteiger partial charge on any atom is -0.0622 e. The van der Waals surface area contributed by atoms with Crippen LogP contribution in [0.5, 0.6) is 0 Å². The van der Waals surface area contributed by atoms with Gasteiger partial charge in [0.1, 0.15) is 0 Å². The summed E-state index contributed by atoms with van der Waals surface area (Å²) in [5.41, 5.74) is 12.4. The summed E-state index contributed by atoms with van der Waals surface area (Å²) in [7, 11) is 0. The summed E-state index contributed by atoms with van der Waals surface area (Å²) in [6, 6.07) is 70.7. The van der Waals surface area contributed by atoms with E-state index in [1.54, 1.807) is 0 Å². The van der Waals surface area contributed by atoms with E-state index in [1.807, 2.05) is 0 Å². The molecule has 224 valence electrons. The normalized spacial score (nSPS) is 11.3. The largest absolute Gasteiger partial charge is 0.0622 e. The molecule has 0 aliphatic rings. The predicted octanol–water partition coefficient (Wildman–Crippen LogP) is 13.5. The first kappa shape index (κ1) is 28.0. The third kappa shape index (κ3) is 4.78. The summed E-state index contributed by atoms with van der Waals surface area (Å²) < 4.78 is 0. The highest BCUT2D eigenvalue weighted by atomic mass is 14.2. The van der Waals surface area contributed by atoms with Crippen molar-refractivity contribution in [1.82, 2.24) is 0 Å². The summed E-state index contributed by atoms with van der Waals surface area (Å²) in [4.78, 5) is 0. The lowest BCUT2D eigenvalue weighted by molar-refractivity contribution is 1.60. The quantitative estimate of drug-likeness (QED) is 0.182. The lowest BCUT2D eigenvalue weighted by Gasteiger charge is -2.20. The predicted molar refractivity (Wildman–Crippen MR) is 206 cm³/mol. The van der Waals surface area contributed by atoms with E-state index in [0.717, 1.165) is 0 Å². The molecule has 9 aromatic carbocycles. The minimum absolute atomic E-state index is 1.22. The van der Waals surface area contributed by atoms with E-state index in [2.05, 4.69) is 194 Å². The Kier molecular flexibility index (Phi) is 6.91. The Bertz CT molecular complexity index is 2570. The first-order valence-electron chi connectivity index (χ1n) is 16.6. The molecule has 0 heteroatoms. The second-order valence-corrected chi connectivity index (χ2v) is 12.4. The SMILES string of the molecule is c1ccc(-c2cc(-c3ccc(-c4ccc(-c5cccc6ccccc56)cc4)c4ccccc34)c(-c3ccccc3)c3ccccc23)cc1. The van der Waals surface area contributed by atoms with Gasteiger partial charge in [-0.2, -0.15) is 0 Å². The van der Waals surface area contributed by atoms with Crippen molar-refractivity contribution < 1.29 is 0 Å². The average molecular weight is 609 g/mol. The van der Waals surface area contributed by atoms with Crippen LogP contribution in [0.2, 0.25) is 0 Å². The highest BCUT2D eigenvalue weighted by molar-refractivity contribution is 6.15. The van der Waals surface area contributed by atoms with Crippen molar-refractivity contribution in [1.29, 1.82) is 0 Å². The van der Waals surface area contributed by atoms with Crippen molar-refractivity contribution >= 4 is 32.3 Å². The molecule has 0 aliphatic heterocycles. The van der Waals surface area contributed by atoms with Gasteiger partial charge in [0.25, 0.3) is 0 Å². The Morgan fingerprint density at radius 3 is 1.31 bits per heavy atom. The van der Waals surface area contributed by atoms with Crippen LogP contribution in [-0.2, 0) is 0 Å². The van der Waals surface area contributed by atoms with E-state index in [-0.39, 0.29) is 0 Å². The highest BCUT2D eigenvalue weighted by Crippen LogP contribution is 2.46. The molecule has 0 atom stereocenters. The maximum Gasteiger partial charge on any atom is -0.00262 e. The highest BCUT2D eigenvalue weighted by Gasteiger charge is 2.19. The summed E-state index contributed by atoms with van der Waals surface area (Å²) >= 11 is 0. The Hall–Kier alpha value is -6.24. The smallest absolute Gasteiger partial charge is 0.00262 e. The van der Waals surface area contributed by atoms with Crippen molar-refractivity contribution in [2.24, 2.45) is 0 Å². The molecule has 48 heavy (non-hydrogen) atoms. The lowest BCUT2D eigenvalue weighted by atomic mass is 9.83. The summed E-state index contributed by atoms with van der Waals surface area (Å²) in [5.74, 6) is 0. The Morgan fingerprint density at radius 2 is 0.646 bits per heavy atom. The van der Waals surface area contributed by atoms with Crippen LogP contribution in [-0.4, -0.2) is 0 Å². The Labute approximate surface area is 281 Å². The van der Waals surface area contributed by atoms with E-state index in [4.69, 9.17) is 0 Å². The fourth-order valence-corrected chi connectivity index (χ4v) is 7.45. The van der Waals surface area contributed by atoms with Crippen LogP contribution in [0.4, 0.5) is 0 Å². The molecule has 0 N–H and O–H groups in total. The van der Waals surface area contributed by atoms with Crippen molar-refractivity contribution in [2.75, 3.05) is 0 Å². The van der Waals surface area contributed by atoms with Crippen LogP contribution < -0.4 is 0 Å². The van der Waals surface area contributed by atoms with Gasteiger partial charge < -0.3 is 0 Å². The summed E-state index contributed by atoms with van der Waals surface area (Å²) in [6.07, 6.45) is 0. The van der Waals surface area contributed by atoms with Crippen LogP contribution in [0.15, 0.2) is 194 Å². The van der Waals surface area contributed by atoms with Gasteiger partial charge in [0.2, 0.25) is 0 Å². The zero-order valence-corrected chi connectivity index (χ0v) is 26.5. The van der Waals surface area contributed by atoms with Gasteiger partial charge in [-0.3, -0.25) is 0 Å². The first-order valence-corrected chi connectivity index (χ1v) is 16.6. The van der Waals surface area contributed by atoms with Crippen LogP contribution >= 0.6 is 0 Å². The lowest BCUT2D eigenvalue weighted by Crippen LogP contribution is -1.93. The maximum atomic E-state index is 2.42. The second kappa shape index (κ2) is 11.8. The molecule has 0 saturated carbocycles. The van der Waals surface area contributed by atoms with Crippen molar-refractivity contribution in [3.63, 3.8) is 0 Å². The monoisotopic (exact) mass is 608 g/mol.